The van der Waals surface area contributed by atoms with Crippen LogP contribution in [0.2, 0.25) is 0 Å². The molecular formula is C23H22N2O6. The summed E-state index contributed by atoms with van der Waals surface area (Å²) in [6, 6.07) is 6.66. The number of hydrogen-bond donors (Lipinski definition) is 1. The van der Waals surface area contributed by atoms with Crippen molar-refractivity contribution in [3.05, 3.63) is 63.2 Å². The quantitative estimate of drug-likeness (QED) is 0.673. The predicted molar refractivity (Wildman–Crippen MR) is 115 cm³/mol. The van der Waals surface area contributed by atoms with E-state index in [9.17, 15) is 14.7 Å². The molecule has 0 aliphatic heterocycles. The maximum Gasteiger partial charge on any atom is 0.337 e. The summed E-state index contributed by atoms with van der Waals surface area (Å²) in [4.78, 5) is 29.1. The van der Waals surface area contributed by atoms with Crippen LogP contribution in [0.15, 0.2) is 35.3 Å². The van der Waals surface area contributed by atoms with Crippen molar-refractivity contribution in [2.45, 2.75) is 19.3 Å². The lowest BCUT2D eigenvalue weighted by Gasteiger charge is -2.20. The molecule has 31 heavy (non-hydrogen) atoms. The van der Waals surface area contributed by atoms with Crippen LogP contribution in [0.4, 0.5) is 0 Å². The lowest BCUT2D eigenvalue weighted by atomic mass is 9.90. The summed E-state index contributed by atoms with van der Waals surface area (Å²) in [6.45, 7) is 0. The van der Waals surface area contributed by atoms with Gasteiger partial charge in [-0.25, -0.2) is 9.78 Å². The van der Waals surface area contributed by atoms with Crippen molar-refractivity contribution >= 4 is 23.3 Å². The fourth-order valence-corrected chi connectivity index (χ4v) is 3.93. The molecule has 0 unspecified atom stereocenters. The van der Waals surface area contributed by atoms with E-state index >= 15 is 0 Å². The molecule has 160 valence electrons. The van der Waals surface area contributed by atoms with Crippen LogP contribution in [0.5, 0.6) is 17.2 Å². The number of fused-ring (bicyclic) bond motifs is 2. The second-order valence-electron chi connectivity index (χ2n) is 7.14. The smallest absolute Gasteiger partial charge is 0.337 e. The minimum Gasteiger partial charge on any atom is -0.493 e. The molecule has 0 saturated carbocycles. The second kappa shape index (κ2) is 8.14. The van der Waals surface area contributed by atoms with Gasteiger partial charge >= 0.3 is 5.97 Å². The number of aromatic nitrogens is 2. The summed E-state index contributed by atoms with van der Waals surface area (Å²) in [5.41, 5.74) is 3.11. The molecule has 0 saturated heterocycles. The highest BCUT2D eigenvalue weighted by Crippen LogP contribution is 2.42. The number of pyridine rings is 1. The fourth-order valence-electron chi connectivity index (χ4n) is 3.93. The Morgan fingerprint density at radius 2 is 1.84 bits per heavy atom. The highest BCUT2D eigenvalue weighted by atomic mass is 16.5. The number of carboxylic acids is 1. The summed E-state index contributed by atoms with van der Waals surface area (Å²) in [5, 5.41) is 9.23. The van der Waals surface area contributed by atoms with Gasteiger partial charge in [0.25, 0.3) is 5.56 Å². The maximum atomic E-state index is 13.1. The van der Waals surface area contributed by atoms with Crippen molar-refractivity contribution in [2.24, 2.45) is 0 Å². The SMILES string of the molecule is COc1ccc(/C=C2\CCCc3c2nc2ccc(C(=O)O)cn2c3=O)c(OC)c1OC. The third kappa shape index (κ3) is 3.50. The van der Waals surface area contributed by atoms with E-state index in [0.717, 1.165) is 24.0 Å². The van der Waals surface area contributed by atoms with Gasteiger partial charge in [0.15, 0.2) is 11.5 Å². The number of carbonyl (C=O) groups is 1. The number of benzene rings is 1. The van der Waals surface area contributed by atoms with Crippen LogP contribution < -0.4 is 19.8 Å². The number of allylic oxidation sites excluding steroid dienone is 1. The van der Waals surface area contributed by atoms with Gasteiger partial charge in [-0.1, -0.05) is 0 Å². The average molecular weight is 422 g/mol. The van der Waals surface area contributed by atoms with Crippen LogP contribution in [-0.2, 0) is 6.42 Å². The molecule has 0 spiro atoms. The van der Waals surface area contributed by atoms with E-state index in [2.05, 4.69) is 0 Å². The van der Waals surface area contributed by atoms with Crippen molar-refractivity contribution < 1.29 is 24.1 Å². The molecule has 1 aliphatic rings. The van der Waals surface area contributed by atoms with Crippen LogP contribution in [-0.4, -0.2) is 41.8 Å². The van der Waals surface area contributed by atoms with Crippen LogP contribution in [0.25, 0.3) is 17.3 Å². The molecule has 0 fully saturated rings. The lowest BCUT2D eigenvalue weighted by Crippen LogP contribution is -2.25. The summed E-state index contributed by atoms with van der Waals surface area (Å²) < 4.78 is 17.7. The Morgan fingerprint density at radius 1 is 1.06 bits per heavy atom. The highest BCUT2D eigenvalue weighted by Gasteiger charge is 2.22. The molecule has 8 heteroatoms. The Morgan fingerprint density at radius 3 is 2.52 bits per heavy atom. The average Bonchev–Trinajstić information content (AvgIpc) is 2.79. The van der Waals surface area contributed by atoms with E-state index in [1.54, 1.807) is 33.5 Å². The predicted octanol–water partition coefficient (Wildman–Crippen LogP) is 3.30. The molecule has 1 N–H and O–H groups in total. The zero-order chi connectivity index (χ0) is 22.1. The standard InChI is InChI=1S/C23H22N2O6/c1-29-17-9-7-14(20(30-2)21(17)31-3)11-13-5-4-6-16-19(13)24-18-10-8-15(23(27)28)12-25(18)22(16)26/h7-12H,4-6H2,1-3H3,(H,27,28)/b13-11+. The van der Waals surface area contributed by atoms with Gasteiger partial charge < -0.3 is 19.3 Å². The van der Waals surface area contributed by atoms with Gasteiger partial charge in [0.05, 0.1) is 32.6 Å². The van der Waals surface area contributed by atoms with E-state index in [4.69, 9.17) is 19.2 Å². The van der Waals surface area contributed by atoms with Gasteiger partial charge in [-0.2, -0.15) is 0 Å². The molecule has 0 amide bonds. The number of hydrogen-bond acceptors (Lipinski definition) is 6. The molecule has 4 rings (SSSR count). The number of ether oxygens (including phenoxy) is 3. The Balaban J connectivity index is 1.90. The van der Waals surface area contributed by atoms with E-state index in [1.165, 1.54) is 16.7 Å². The van der Waals surface area contributed by atoms with Crippen LogP contribution in [0, 0.1) is 0 Å². The third-order valence-corrected chi connectivity index (χ3v) is 5.40. The molecular weight excluding hydrogens is 400 g/mol. The van der Waals surface area contributed by atoms with Gasteiger partial charge in [0.2, 0.25) is 5.75 Å². The molecule has 0 bridgehead atoms. The van der Waals surface area contributed by atoms with Crippen molar-refractivity contribution in [1.82, 2.24) is 9.38 Å². The van der Waals surface area contributed by atoms with Crippen LogP contribution in [0.1, 0.15) is 40.0 Å². The van der Waals surface area contributed by atoms with E-state index in [1.807, 2.05) is 12.1 Å². The van der Waals surface area contributed by atoms with E-state index in [-0.39, 0.29) is 11.1 Å². The minimum atomic E-state index is -1.09. The molecule has 2 heterocycles. The minimum absolute atomic E-state index is 0.0398. The number of nitrogens with zero attached hydrogens (tertiary/aromatic N) is 2. The number of carboxylic acid groups (broad SMARTS) is 1. The first kappa shape index (κ1) is 20.5. The normalized spacial score (nSPS) is 14.4. The molecule has 1 aliphatic carbocycles. The van der Waals surface area contributed by atoms with Crippen LogP contribution in [0.3, 0.4) is 0 Å². The Hall–Kier alpha value is -3.81. The monoisotopic (exact) mass is 422 g/mol. The van der Waals surface area contributed by atoms with E-state index < -0.39 is 5.97 Å². The Labute approximate surface area is 178 Å². The second-order valence-corrected chi connectivity index (χ2v) is 7.14. The zero-order valence-corrected chi connectivity index (χ0v) is 17.5. The molecule has 0 atom stereocenters. The first-order chi connectivity index (χ1) is 15.0. The van der Waals surface area contributed by atoms with Crippen molar-refractivity contribution in [3.63, 3.8) is 0 Å². The highest BCUT2D eigenvalue weighted by molar-refractivity contribution is 5.88. The zero-order valence-electron chi connectivity index (χ0n) is 17.5. The van der Waals surface area contributed by atoms with Gasteiger partial charge in [0.1, 0.15) is 5.65 Å². The van der Waals surface area contributed by atoms with E-state index in [0.29, 0.717) is 40.6 Å². The third-order valence-electron chi connectivity index (χ3n) is 5.40. The maximum absolute atomic E-state index is 13.1. The summed E-state index contributed by atoms with van der Waals surface area (Å²) in [5.74, 6) is 0.489. The molecule has 2 aromatic heterocycles. The number of methoxy groups -OCH3 is 3. The fraction of sp³-hybridized carbons (Fsp3) is 0.261. The van der Waals surface area contributed by atoms with Crippen molar-refractivity contribution in [2.75, 3.05) is 21.3 Å². The van der Waals surface area contributed by atoms with Gasteiger partial charge in [-0.15, -0.1) is 0 Å². The summed E-state index contributed by atoms with van der Waals surface area (Å²) in [6.07, 6.45) is 5.40. The topological polar surface area (TPSA) is 99.4 Å². The van der Waals surface area contributed by atoms with Crippen molar-refractivity contribution in [3.8, 4) is 17.2 Å². The number of aromatic carboxylic acids is 1. The largest absolute Gasteiger partial charge is 0.493 e. The van der Waals surface area contributed by atoms with Gasteiger partial charge in [0, 0.05) is 17.3 Å². The van der Waals surface area contributed by atoms with Gasteiger partial charge in [-0.3, -0.25) is 9.20 Å². The molecule has 8 nitrogen and oxygen atoms in total. The lowest BCUT2D eigenvalue weighted by molar-refractivity contribution is 0.0696. The summed E-state index contributed by atoms with van der Waals surface area (Å²) in [7, 11) is 4.67. The molecule has 3 aromatic rings. The molecule has 1 aromatic carbocycles. The van der Waals surface area contributed by atoms with Crippen molar-refractivity contribution in [1.29, 1.82) is 0 Å². The van der Waals surface area contributed by atoms with Gasteiger partial charge in [-0.05, 0) is 55.2 Å². The first-order valence-electron chi connectivity index (χ1n) is 9.77. The Kier molecular flexibility index (Phi) is 5.37. The first-order valence-corrected chi connectivity index (χ1v) is 9.77. The molecule has 0 radical (unpaired) electrons. The Bertz CT molecular complexity index is 1280. The number of rotatable bonds is 5. The van der Waals surface area contributed by atoms with Crippen LogP contribution >= 0.6 is 0 Å². The summed E-state index contributed by atoms with van der Waals surface area (Å²) >= 11 is 0.